The molecule has 5 rings (SSSR count). The fraction of sp³-hybridized carbons (Fsp3) is 0.593. The number of phenols is 1. The van der Waals surface area contributed by atoms with E-state index < -0.39 is 96.4 Å². The lowest BCUT2D eigenvalue weighted by Crippen LogP contribution is -2.62. The number of aliphatic hydroxyl groups is 3. The minimum Gasteiger partial charge on any atom is -0.508 e. The number of likely N-dealkylation sites (N-methyl/N-ethyl adjacent to an activating group) is 1. The highest BCUT2D eigenvalue weighted by atomic mass is 16.7. The van der Waals surface area contributed by atoms with Gasteiger partial charge in [0.1, 0.15) is 48.2 Å². The first kappa shape index (κ1) is 62.9. The lowest BCUT2D eigenvalue weighted by Gasteiger charge is -2.39. The van der Waals surface area contributed by atoms with Gasteiger partial charge < -0.3 is 66.5 Å². The monoisotopic (exact) mass is 1090 g/mol. The highest BCUT2D eigenvalue weighted by Gasteiger charge is 2.47. The Morgan fingerprint density at radius 1 is 0.744 bits per heavy atom. The van der Waals surface area contributed by atoms with E-state index in [-0.39, 0.29) is 64.0 Å². The molecule has 78 heavy (non-hydrogen) atoms. The number of carbonyl (C=O) groups is 6. The standard InChI is InChI=1S/C59H86N6O13/c1-5-6-7-8-9-10-11-12-13-22-32-77-59-51(69)49(67)50(68)52(78-59)55(72)61-30-21-20-28-48(58(75)76)64(4)57(74)46(36-41-26-18-15-19-27-41)63-53(70)45(35-40-24-16-14-17-25-40)62-54(71)47-29-23-31-65(47)56(73)44(60)37-43-38(2)33-42(66)34-39(43)3/h14-19,24-27,33-34,44-52,59,66-69H,5-13,20-23,28-32,35-37,60H2,1-4H3,(H,61,72)(H,62,71)(H,63,70)(H,75,76)/t44-,45-,46-,47-,48-,49-,50-,51+,52-,59+/m0/s1. The van der Waals surface area contributed by atoms with Gasteiger partial charge in [-0.25, -0.2) is 4.79 Å². The highest BCUT2D eigenvalue weighted by molar-refractivity contribution is 5.96. The molecule has 19 nitrogen and oxygen atoms in total. The Bertz CT molecular complexity index is 2360. The molecule has 0 unspecified atom stereocenters. The number of nitrogens with zero attached hydrogens (tertiary/aromatic N) is 2. The first-order valence-corrected chi connectivity index (χ1v) is 28.0. The van der Waals surface area contributed by atoms with E-state index in [1.54, 1.807) is 66.7 Å². The number of ether oxygens (including phenoxy) is 2. The maximum atomic E-state index is 14.5. The number of benzene rings is 3. The molecule has 3 aromatic rings. The summed E-state index contributed by atoms with van der Waals surface area (Å²) >= 11 is 0. The van der Waals surface area contributed by atoms with E-state index in [9.17, 15) is 54.3 Å². The van der Waals surface area contributed by atoms with E-state index in [1.807, 2.05) is 19.9 Å². The van der Waals surface area contributed by atoms with Crippen molar-refractivity contribution in [2.24, 2.45) is 5.73 Å². The zero-order valence-electron chi connectivity index (χ0n) is 46.0. The Kier molecular flexibility index (Phi) is 26.0. The van der Waals surface area contributed by atoms with Crippen molar-refractivity contribution in [1.29, 1.82) is 0 Å². The first-order chi connectivity index (χ1) is 37.4. The van der Waals surface area contributed by atoms with Crippen LogP contribution in [0.5, 0.6) is 5.75 Å². The number of nitrogens with one attached hydrogen (secondary N) is 3. The van der Waals surface area contributed by atoms with Gasteiger partial charge in [-0.05, 0) is 98.7 Å². The minimum absolute atomic E-state index is 0.0189. The number of carboxylic acid groups (broad SMARTS) is 1. The van der Waals surface area contributed by atoms with Crippen molar-refractivity contribution >= 4 is 35.5 Å². The number of phenolic OH excluding ortho intramolecular Hbond substituents is 1. The van der Waals surface area contributed by atoms with Gasteiger partial charge in [0, 0.05) is 39.6 Å². The van der Waals surface area contributed by atoms with Gasteiger partial charge in [0.2, 0.25) is 23.6 Å². The maximum absolute atomic E-state index is 14.5. The van der Waals surface area contributed by atoms with Crippen LogP contribution in [-0.2, 0) is 57.5 Å². The smallest absolute Gasteiger partial charge is 0.326 e. The van der Waals surface area contributed by atoms with E-state index in [2.05, 4.69) is 22.9 Å². The normalized spacial score (nSPS) is 20.7. The van der Waals surface area contributed by atoms with Crippen molar-refractivity contribution < 1.29 is 63.8 Å². The summed E-state index contributed by atoms with van der Waals surface area (Å²) in [5.74, 6) is -4.35. The third-order valence-corrected chi connectivity index (χ3v) is 15.0. The Morgan fingerprint density at radius 2 is 1.32 bits per heavy atom. The van der Waals surface area contributed by atoms with E-state index in [1.165, 1.54) is 50.5 Å². The Hall–Kier alpha value is -5.96. The van der Waals surface area contributed by atoms with Gasteiger partial charge in [0.25, 0.3) is 5.91 Å². The van der Waals surface area contributed by atoms with E-state index >= 15 is 0 Å². The van der Waals surface area contributed by atoms with Crippen LogP contribution in [0, 0.1) is 13.8 Å². The molecule has 3 aromatic carbocycles. The second-order valence-electron chi connectivity index (χ2n) is 21.1. The van der Waals surface area contributed by atoms with Crippen molar-refractivity contribution in [1.82, 2.24) is 25.8 Å². The lowest BCUT2D eigenvalue weighted by molar-refractivity contribution is -0.290. The molecule has 0 bridgehead atoms. The van der Waals surface area contributed by atoms with Crippen molar-refractivity contribution in [3.8, 4) is 5.75 Å². The number of likely N-dealkylation sites (tertiary alicyclic amines) is 1. The zero-order valence-corrected chi connectivity index (χ0v) is 46.0. The number of carboxylic acids is 1. The topological polar surface area (TPSA) is 291 Å². The Labute approximate surface area is 459 Å². The van der Waals surface area contributed by atoms with Gasteiger partial charge in [0.05, 0.1) is 6.04 Å². The number of unbranched alkanes of at least 4 members (excludes halogenated alkanes) is 10. The molecule has 0 spiro atoms. The number of hydrogen-bond donors (Lipinski definition) is 9. The van der Waals surface area contributed by atoms with Crippen LogP contribution in [0.15, 0.2) is 72.8 Å². The molecule has 10 atom stereocenters. The average Bonchev–Trinajstić information content (AvgIpc) is 3.93. The average molecular weight is 1090 g/mol. The van der Waals surface area contributed by atoms with E-state index in [0.29, 0.717) is 30.4 Å². The van der Waals surface area contributed by atoms with Gasteiger partial charge in [-0.2, -0.15) is 0 Å². The Balaban J connectivity index is 1.18. The van der Waals surface area contributed by atoms with Gasteiger partial charge in [-0.1, -0.05) is 125 Å². The second kappa shape index (κ2) is 32.2. The molecule has 2 aliphatic rings. The summed E-state index contributed by atoms with van der Waals surface area (Å²) in [6.07, 6.45) is 4.75. The van der Waals surface area contributed by atoms with Crippen LogP contribution in [0.25, 0.3) is 0 Å². The van der Waals surface area contributed by atoms with Gasteiger partial charge >= 0.3 is 5.97 Å². The molecule has 0 aliphatic carbocycles. The molecule has 5 amide bonds. The molecule has 430 valence electrons. The molecule has 10 N–H and O–H groups in total. The number of rotatable bonds is 32. The van der Waals surface area contributed by atoms with Gasteiger partial charge in [0.15, 0.2) is 12.4 Å². The molecule has 0 aromatic heterocycles. The summed E-state index contributed by atoms with van der Waals surface area (Å²) < 4.78 is 11.4. The molecule has 2 aliphatic heterocycles. The number of aromatic hydroxyl groups is 1. The summed E-state index contributed by atoms with van der Waals surface area (Å²) in [6.45, 7) is 6.38. The zero-order chi connectivity index (χ0) is 56.7. The van der Waals surface area contributed by atoms with Crippen molar-refractivity contribution in [2.45, 2.75) is 197 Å². The lowest BCUT2D eigenvalue weighted by atomic mass is 9.95. The van der Waals surface area contributed by atoms with Crippen LogP contribution < -0.4 is 21.7 Å². The number of amides is 5. The predicted molar refractivity (Wildman–Crippen MR) is 294 cm³/mol. The molecule has 2 saturated heterocycles. The van der Waals surface area contributed by atoms with Gasteiger partial charge in [-0.15, -0.1) is 0 Å². The number of aryl methyl sites for hydroxylation is 2. The maximum Gasteiger partial charge on any atom is 0.326 e. The summed E-state index contributed by atoms with van der Waals surface area (Å²) in [6, 6.07) is 15.3. The summed E-state index contributed by atoms with van der Waals surface area (Å²) in [4.78, 5) is 85.7. The first-order valence-electron chi connectivity index (χ1n) is 28.0. The number of carbonyl (C=O) groups excluding carboxylic acids is 5. The summed E-state index contributed by atoms with van der Waals surface area (Å²) in [5.41, 5.74) is 10.2. The minimum atomic E-state index is -1.74. The van der Waals surface area contributed by atoms with Crippen LogP contribution in [0.3, 0.4) is 0 Å². The number of aliphatic hydroxyl groups excluding tert-OH is 3. The van der Waals surface area contributed by atoms with Crippen LogP contribution in [0.2, 0.25) is 0 Å². The summed E-state index contributed by atoms with van der Waals surface area (Å²) in [5, 5.41) is 60.6. The molecule has 2 fully saturated rings. The van der Waals surface area contributed by atoms with Crippen molar-refractivity contribution in [3.05, 3.63) is 101 Å². The molecule has 0 radical (unpaired) electrons. The van der Waals surface area contributed by atoms with Crippen LogP contribution in [-0.4, -0.2) is 158 Å². The largest absolute Gasteiger partial charge is 0.508 e. The van der Waals surface area contributed by atoms with Gasteiger partial charge in [-0.3, -0.25) is 24.0 Å². The van der Waals surface area contributed by atoms with Crippen molar-refractivity contribution in [3.63, 3.8) is 0 Å². The third kappa shape index (κ3) is 18.9. The number of hydrogen-bond acceptors (Lipinski definition) is 13. The summed E-state index contributed by atoms with van der Waals surface area (Å²) in [7, 11) is 1.34. The molecular weight excluding hydrogens is 1000 g/mol. The second-order valence-corrected chi connectivity index (χ2v) is 21.1. The van der Waals surface area contributed by atoms with Crippen LogP contribution in [0.4, 0.5) is 0 Å². The fourth-order valence-corrected chi connectivity index (χ4v) is 10.4. The van der Waals surface area contributed by atoms with Crippen molar-refractivity contribution in [2.75, 3.05) is 26.7 Å². The quantitative estimate of drug-likeness (QED) is 0.0395. The van der Waals surface area contributed by atoms with E-state index in [4.69, 9.17) is 15.2 Å². The third-order valence-electron chi connectivity index (χ3n) is 15.0. The van der Waals surface area contributed by atoms with E-state index in [0.717, 1.165) is 40.9 Å². The Morgan fingerprint density at radius 3 is 1.91 bits per heavy atom. The highest BCUT2D eigenvalue weighted by Crippen LogP contribution is 2.26. The SMILES string of the molecule is CCCCCCCCCCCCO[C@@H]1O[C@H](C(=O)NCCCC[C@@H](C(=O)O)N(C)C(=O)[C@H](Cc2ccccc2)NC(=O)[C@H](Cc2ccccc2)NC(=O)[C@@H]2CCCN2C(=O)[C@@H](N)Cc2c(C)cc(O)cc2C)[C@@H](O)[C@H](O)[C@H]1O. The molecule has 0 saturated carbocycles. The number of aliphatic carboxylic acids is 1. The fourth-order valence-electron chi connectivity index (χ4n) is 10.4. The molecular formula is C59H86N6O13. The molecule has 19 heteroatoms. The van der Waals surface area contributed by atoms with Crippen LogP contribution >= 0.6 is 0 Å². The molecule has 2 heterocycles. The van der Waals surface area contributed by atoms with Crippen LogP contribution in [0.1, 0.15) is 131 Å². The predicted octanol–water partition coefficient (Wildman–Crippen LogP) is 4.27. The number of nitrogens with two attached hydrogens (primary N) is 1.